The minimum Gasteiger partial charge on any atom is -0.444 e. The third kappa shape index (κ3) is 2.68. The van der Waals surface area contributed by atoms with Gasteiger partial charge < -0.3 is 9.84 Å². The van der Waals surface area contributed by atoms with E-state index >= 15 is 0 Å². The van der Waals surface area contributed by atoms with Crippen LogP contribution in [-0.2, 0) is 4.74 Å². The van der Waals surface area contributed by atoms with Crippen molar-refractivity contribution in [1.82, 2.24) is 9.88 Å². The fourth-order valence-corrected chi connectivity index (χ4v) is 3.72. The van der Waals surface area contributed by atoms with E-state index in [-0.39, 0.29) is 24.1 Å². The minimum absolute atomic E-state index is 0.0437. The van der Waals surface area contributed by atoms with E-state index in [1.54, 1.807) is 17.2 Å². The van der Waals surface area contributed by atoms with Crippen molar-refractivity contribution in [1.29, 1.82) is 0 Å². The summed E-state index contributed by atoms with van der Waals surface area (Å²) in [6, 6.07) is 3.36. The third-order valence-electron chi connectivity index (χ3n) is 4.39. The molecule has 5 nitrogen and oxygen atoms in total. The highest BCUT2D eigenvalue weighted by atomic mass is 35.5. The predicted octanol–water partition coefficient (Wildman–Crippen LogP) is 2.96. The molecule has 0 saturated carbocycles. The maximum absolute atomic E-state index is 12.5. The molecule has 4 atom stereocenters. The summed E-state index contributed by atoms with van der Waals surface area (Å²) in [6.45, 7) is 5.54. The highest BCUT2D eigenvalue weighted by Crippen LogP contribution is 2.47. The summed E-state index contributed by atoms with van der Waals surface area (Å²) in [6.07, 6.45) is 2.43. The van der Waals surface area contributed by atoms with Gasteiger partial charge in [-0.15, -0.1) is 0 Å². The van der Waals surface area contributed by atoms with E-state index in [4.69, 9.17) is 16.3 Å². The number of aromatic nitrogens is 1. The Balaban J connectivity index is 1.84. The van der Waals surface area contributed by atoms with Gasteiger partial charge in [0.15, 0.2) is 0 Å². The molecule has 0 aliphatic carbocycles. The molecule has 120 valence electrons. The van der Waals surface area contributed by atoms with Gasteiger partial charge in [-0.2, -0.15) is 0 Å². The third-order valence-corrected chi connectivity index (χ3v) is 4.61. The number of pyridine rings is 1. The van der Waals surface area contributed by atoms with Crippen LogP contribution in [0.3, 0.4) is 0 Å². The molecule has 2 fully saturated rings. The zero-order valence-corrected chi connectivity index (χ0v) is 13.7. The van der Waals surface area contributed by atoms with Gasteiger partial charge in [0, 0.05) is 18.2 Å². The number of amides is 1. The first-order chi connectivity index (χ1) is 10.3. The van der Waals surface area contributed by atoms with E-state index in [1.165, 1.54) is 0 Å². The molecular weight excluding hydrogens is 304 g/mol. The molecule has 3 heterocycles. The second-order valence-electron chi connectivity index (χ2n) is 7.03. The zero-order chi connectivity index (χ0) is 16.1. The standard InChI is InChI=1S/C16H21ClN2O3/c1-16(2,3)22-15(21)19-10-5-6-11(19)14(20)13(10)9-4-7-12(17)18-8-9/h4,7-8,10-11,13-14,20H,5-6H2,1-3H3/t10-,11+,13+,14+/m1/s1. The van der Waals surface area contributed by atoms with Crippen molar-refractivity contribution < 1.29 is 14.6 Å². The molecule has 0 radical (unpaired) electrons. The number of carbonyl (C=O) groups excluding carboxylic acids is 1. The number of fused-ring (bicyclic) bond motifs is 2. The largest absolute Gasteiger partial charge is 0.444 e. The first-order valence-corrected chi connectivity index (χ1v) is 7.96. The van der Waals surface area contributed by atoms with E-state index in [0.717, 1.165) is 18.4 Å². The zero-order valence-electron chi connectivity index (χ0n) is 13.0. The van der Waals surface area contributed by atoms with E-state index < -0.39 is 11.7 Å². The monoisotopic (exact) mass is 324 g/mol. The van der Waals surface area contributed by atoms with Gasteiger partial charge in [-0.3, -0.25) is 4.90 Å². The van der Waals surface area contributed by atoms with Crippen molar-refractivity contribution in [2.75, 3.05) is 0 Å². The van der Waals surface area contributed by atoms with Crippen LogP contribution in [0.4, 0.5) is 4.79 Å². The Hall–Kier alpha value is -1.33. The number of hydrogen-bond donors (Lipinski definition) is 1. The molecule has 1 amide bonds. The normalized spacial score (nSPS) is 30.7. The van der Waals surface area contributed by atoms with Crippen molar-refractivity contribution in [2.45, 2.75) is 63.3 Å². The van der Waals surface area contributed by atoms with Gasteiger partial charge >= 0.3 is 6.09 Å². The first kappa shape index (κ1) is 15.6. The van der Waals surface area contributed by atoms with E-state index in [2.05, 4.69) is 4.98 Å². The van der Waals surface area contributed by atoms with Crippen molar-refractivity contribution in [3.8, 4) is 0 Å². The van der Waals surface area contributed by atoms with Gasteiger partial charge in [-0.05, 0) is 45.2 Å². The number of aliphatic hydroxyl groups is 1. The van der Waals surface area contributed by atoms with E-state index in [9.17, 15) is 9.90 Å². The van der Waals surface area contributed by atoms with Gasteiger partial charge in [0.2, 0.25) is 0 Å². The smallest absolute Gasteiger partial charge is 0.410 e. The molecule has 0 aromatic carbocycles. The molecular formula is C16H21ClN2O3. The van der Waals surface area contributed by atoms with Gasteiger partial charge in [0.25, 0.3) is 0 Å². The first-order valence-electron chi connectivity index (χ1n) is 7.59. The minimum atomic E-state index is -0.589. The maximum atomic E-state index is 12.5. The Morgan fingerprint density at radius 1 is 1.36 bits per heavy atom. The summed E-state index contributed by atoms with van der Waals surface area (Å²) in [7, 11) is 0. The average Bonchev–Trinajstić information content (AvgIpc) is 2.94. The molecule has 0 unspecified atom stereocenters. The fraction of sp³-hybridized carbons (Fsp3) is 0.625. The molecule has 2 saturated heterocycles. The molecule has 3 rings (SSSR count). The lowest BCUT2D eigenvalue weighted by Crippen LogP contribution is -2.41. The SMILES string of the molecule is CC(C)(C)OC(=O)N1[C@@H]2CC[C@H]1[C@H](O)[C@H]2c1ccc(Cl)nc1. The molecule has 0 spiro atoms. The predicted molar refractivity (Wildman–Crippen MR) is 82.9 cm³/mol. The number of carbonyl (C=O) groups is 1. The molecule has 1 aromatic rings. The highest BCUT2D eigenvalue weighted by Gasteiger charge is 2.56. The average molecular weight is 325 g/mol. The summed E-state index contributed by atoms with van der Waals surface area (Å²) < 4.78 is 5.49. The summed E-state index contributed by atoms with van der Waals surface area (Å²) >= 11 is 5.83. The Morgan fingerprint density at radius 2 is 2.05 bits per heavy atom. The van der Waals surface area contributed by atoms with Crippen LogP contribution < -0.4 is 0 Å². The molecule has 2 aliphatic rings. The molecule has 1 N–H and O–H groups in total. The lowest BCUT2D eigenvalue weighted by atomic mass is 9.82. The summed E-state index contributed by atoms with van der Waals surface area (Å²) in [5.74, 6) is -0.129. The van der Waals surface area contributed by atoms with Crippen LogP contribution in [0.1, 0.15) is 45.1 Å². The fourth-order valence-electron chi connectivity index (χ4n) is 3.61. The van der Waals surface area contributed by atoms with Crippen LogP contribution >= 0.6 is 11.6 Å². The maximum Gasteiger partial charge on any atom is 0.410 e. The van der Waals surface area contributed by atoms with Crippen LogP contribution in [0.5, 0.6) is 0 Å². The van der Waals surface area contributed by atoms with Crippen LogP contribution in [-0.4, -0.2) is 44.9 Å². The molecule has 1 aromatic heterocycles. The van der Waals surface area contributed by atoms with Gasteiger partial charge in [0.1, 0.15) is 10.8 Å². The summed E-state index contributed by atoms with van der Waals surface area (Å²) in [5.41, 5.74) is 0.374. The van der Waals surface area contributed by atoms with Gasteiger partial charge in [0.05, 0.1) is 12.1 Å². The molecule has 22 heavy (non-hydrogen) atoms. The number of rotatable bonds is 1. The Labute approximate surface area is 135 Å². The Kier molecular flexibility index (Phi) is 3.81. The van der Waals surface area contributed by atoms with Gasteiger partial charge in [-0.25, -0.2) is 9.78 Å². The molecule has 2 aliphatic heterocycles. The topological polar surface area (TPSA) is 62.7 Å². The lowest BCUT2D eigenvalue weighted by molar-refractivity contribution is 0.0170. The lowest BCUT2D eigenvalue weighted by Gasteiger charge is -2.28. The van der Waals surface area contributed by atoms with Crippen molar-refractivity contribution in [2.24, 2.45) is 0 Å². The summed E-state index contributed by atoms with van der Waals surface area (Å²) in [4.78, 5) is 18.3. The van der Waals surface area contributed by atoms with Crippen molar-refractivity contribution in [3.05, 3.63) is 29.0 Å². The summed E-state index contributed by atoms with van der Waals surface area (Å²) in [5, 5.41) is 11.0. The van der Waals surface area contributed by atoms with E-state index in [1.807, 2.05) is 26.8 Å². The Bertz CT molecular complexity index is 570. The number of nitrogens with zero attached hydrogens (tertiary/aromatic N) is 2. The second kappa shape index (κ2) is 5.39. The number of hydrogen-bond acceptors (Lipinski definition) is 4. The second-order valence-corrected chi connectivity index (χ2v) is 7.42. The number of halogens is 1. The molecule has 2 bridgehead atoms. The van der Waals surface area contributed by atoms with Crippen molar-refractivity contribution in [3.63, 3.8) is 0 Å². The highest BCUT2D eigenvalue weighted by molar-refractivity contribution is 6.29. The van der Waals surface area contributed by atoms with Crippen LogP contribution in [0, 0.1) is 0 Å². The van der Waals surface area contributed by atoms with E-state index in [0.29, 0.717) is 5.15 Å². The Morgan fingerprint density at radius 3 is 2.64 bits per heavy atom. The number of ether oxygens (including phenoxy) is 1. The van der Waals surface area contributed by atoms with Gasteiger partial charge in [-0.1, -0.05) is 17.7 Å². The number of aliphatic hydroxyl groups excluding tert-OH is 1. The van der Waals surface area contributed by atoms with Crippen molar-refractivity contribution >= 4 is 17.7 Å². The van der Waals surface area contributed by atoms with Crippen LogP contribution in [0.25, 0.3) is 0 Å². The molecule has 6 heteroatoms. The quantitative estimate of drug-likeness (QED) is 0.807. The van der Waals surface area contributed by atoms with Crippen LogP contribution in [0.15, 0.2) is 18.3 Å². The van der Waals surface area contributed by atoms with Crippen LogP contribution in [0.2, 0.25) is 5.15 Å².